The molecule has 0 aliphatic carbocycles. The molecule has 0 aromatic heterocycles. The standard InChI is InChI=1S/C16H33N3O.HI/c1-6-17-15(19-10-8-16(4,5)13-19)18-9-7-11-20-12-14(2)3;/h14H,6-13H2,1-5H3,(H,17,18);1H. The molecule has 1 fully saturated rings. The van der Waals surface area contributed by atoms with E-state index in [-0.39, 0.29) is 24.0 Å². The molecule has 0 amide bonds. The second-order valence-electron chi connectivity index (χ2n) is 6.89. The lowest BCUT2D eigenvalue weighted by Gasteiger charge is -2.23. The first-order valence-electron chi connectivity index (χ1n) is 8.05. The third-order valence-electron chi connectivity index (χ3n) is 3.47. The van der Waals surface area contributed by atoms with Crippen LogP contribution >= 0.6 is 24.0 Å². The van der Waals surface area contributed by atoms with Crippen molar-refractivity contribution in [2.75, 3.05) is 39.4 Å². The van der Waals surface area contributed by atoms with Gasteiger partial charge in [0.1, 0.15) is 0 Å². The summed E-state index contributed by atoms with van der Waals surface area (Å²) in [5.41, 5.74) is 0.413. The van der Waals surface area contributed by atoms with Crippen molar-refractivity contribution in [2.45, 2.75) is 47.5 Å². The molecule has 0 aromatic rings. The maximum Gasteiger partial charge on any atom is 0.193 e. The highest BCUT2D eigenvalue weighted by Crippen LogP contribution is 2.28. The second-order valence-corrected chi connectivity index (χ2v) is 6.89. The molecule has 1 aliphatic rings. The van der Waals surface area contributed by atoms with E-state index in [1.165, 1.54) is 6.42 Å². The van der Waals surface area contributed by atoms with Crippen molar-refractivity contribution in [2.24, 2.45) is 16.3 Å². The van der Waals surface area contributed by atoms with E-state index in [9.17, 15) is 0 Å². The quantitative estimate of drug-likeness (QED) is 0.302. The molecule has 5 heteroatoms. The highest BCUT2D eigenvalue weighted by atomic mass is 127. The molecule has 0 radical (unpaired) electrons. The normalized spacial score (nSPS) is 18.0. The first kappa shape index (κ1) is 21.0. The molecule has 0 aromatic carbocycles. The molecule has 0 spiro atoms. The predicted molar refractivity (Wildman–Crippen MR) is 102 cm³/mol. The van der Waals surface area contributed by atoms with Crippen molar-refractivity contribution in [3.8, 4) is 0 Å². The molecule has 0 bridgehead atoms. The van der Waals surface area contributed by atoms with Gasteiger partial charge in [-0.3, -0.25) is 4.99 Å². The molecule has 1 N–H and O–H groups in total. The van der Waals surface area contributed by atoms with Crippen LogP contribution in [0.1, 0.15) is 47.5 Å². The summed E-state index contributed by atoms with van der Waals surface area (Å²) in [6, 6.07) is 0. The summed E-state index contributed by atoms with van der Waals surface area (Å²) in [7, 11) is 0. The van der Waals surface area contributed by atoms with E-state index >= 15 is 0 Å². The average Bonchev–Trinajstić information content (AvgIpc) is 2.72. The number of nitrogens with zero attached hydrogens (tertiary/aromatic N) is 2. The third-order valence-corrected chi connectivity index (χ3v) is 3.47. The first-order chi connectivity index (χ1) is 9.44. The van der Waals surface area contributed by atoms with Gasteiger partial charge in [0, 0.05) is 39.4 Å². The van der Waals surface area contributed by atoms with Gasteiger partial charge in [0.15, 0.2) is 5.96 Å². The Morgan fingerprint density at radius 2 is 2.10 bits per heavy atom. The summed E-state index contributed by atoms with van der Waals surface area (Å²) in [5.74, 6) is 1.68. The number of guanidine groups is 1. The molecular weight excluding hydrogens is 377 g/mol. The van der Waals surface area contributed by atoms with Gasteiger partial charge in [-0.2, -0.15) is 0 Å². The number of likely N-dealkylation sites (tertiary alicyclic amines) is 1. The number of ether oxygens (including phenoxy) is 1. The van der Waals surface area contributed by atoms with Gasteiger partial charge in [0.05, 0.1) is 0 Å². The Morgan fingerprint density at radius 1 is 1.38 bits per heavy atom. The van der Waals surface area contributed by atoms with Gasteiger partial charge in [-0.15, -0.1) is 24.0 Å². The molecule has 21 heavy (non-hydrogen) atoms. The minimum atomic E-state index is 0. The minimum absolute atomic E-state index is 0. The van der Waals surface area contributed by atoms with Crippen LogP contribution in [0.2, 0.25) is 0 Å². The van der Waals surface area contributed by atoms with Gasteiger partial charge in [0.25, 0.3) is 0 Å². The molecular formula is C16H34IN3O. The lowest BCUT2D eigenvalue weighted by molar-refractivity contribution is 0.109. The third kappa shape index (κ3) is 8.86. The van der Waals surface area contributed by atoms with Gasteiger partial charge >= 0.3 is 0 Å². The smallest absolute Gasteiger partial charge is 0.193 e. The monoisotopic (exact) mass is 411 g/mol. The van der Waals surface area contributed by atoms with Crippen molar-refractivity contribution < 1.29 is 4.74 Å². The van der Waals surface area contributed by atoms with Crippen molar-refractivity contribution in [3.05, 3.63) is 0 Å². The van der Waals surface area contributed by atoms with E-state index in [1.807, 2.05) is 0 Å². The minimum Gasteiger partial charge on any atom is -0.381 e. The topological polar surface area (TPSA) is 36.9 Å². The fourth-order valence-corrected chi connectivity index (χ4v) is 2.39. The van der Waals surface area contributed by atoms with Crippen LogP contribution in [0.3, 0.4) is 0 Å². The first-order valence-corrected chi connectivity index (χ1v) is 8.05. The van der Waals surface area contributed by atoms with E-state index in [0.29, 0.717) is 11.3 Å². The molecule has 1 aliphatic heterocycles. The second kappa shape index (κ2) is 10.6. The maximum absolute atomic E-state index is 5.59. The number of nitrogens with one attached hydrogen (secondary N) is 1. The Kier molecular flexibility index (Phi) is 10.6. The summed E-state index contributed by atoms with van der Waals surface area (Å²) < 4.78 is 5.59. The van der Waals surface area contributed by atoms with Crippen molar-refractivity contribution in [1.82, 2.24) is 10.2 Å². The van der Waals surface area contributed by atoms with Crippen LogP contribution in [-0.2, 0) is 4.74 Å². The zero-order chi connectivity index (χ0) is 15.0. The SMILES string of the molecule is CCNC(=NCCCOCC(C)C)N1CCC(C)(C)C1.I. The number of halogens is 1. The zero-order valence-corrected chi connectivity index (χ0v) is 16.8. The zero-order valence-electron chi connectivity index (χ0n) is 14.4. The van der Waals surface area contributed by atoms with E-state index < -0.39 is 0 Å². The highest BCUT2D eigenvalue weighted by molar-refractivity contribution is 14.0. The number of hydrogen-bond acceptors (Lipinski definition) is 2. The van der Waals surface area contributed by atoms with Crippen molar-refractivity contribution in [3.63, 3.8) is 0 Å². The van der Waals surface area contributed by atoms with Gasteiger partial charge in [0.2, 0.25) is 0 Å². The molecule has 0 unspecified atom stereocenters. The fourth-order valence-electron chi connectivity index (χ4n) is 2.39. The Labute approximate surface area is 148 Å². The summed E-state index contributed by atoms with van der Waals surface area (Å²) in [5, 5.41) is 3.41. The van der Waals surface area contributed by atoms with Crippen LogP contribution in [0.4, 0.5) is 0 Å². The van der Waals surface area contributed by atoms with Crippen molar-refractivity contribution >= 4 is 29.9 Å². The Morgan fingerprint density at radius 3 is 2.62 bits per heavy atom. The molecule has 0 saturated carbocycles. The fraction of sp³-hybridized carbons (Fsp3) is 0.938. The van der Waals surface area contributed by atoms with Crippen LogP contribution in [0.5, 0.6) is 0 Å². The van der Waals surface area contributed by atoms with Gasteiger partial charge in [-0.05, 0) is 31.1 Å². The van der Waals surface area contributed by atoms with Crippen LogP contribution in [0, 0.1) is 11.3 Å². The average molecular weight is 411 g/mol. The largest absolute Gasteiger partial charge is 0.381 e. The molecule has 1 heterocycles. The van der Waals surface area contributed by atoms with E-state index in [0.717, 1.165) is 51.8 Å². The predicted octanol–water partition coefficient (Wildman–Crippen LogP) is 3.36. The summed E-state index contributed by atoms with van der Waals surface area (Å²) in [6.45, 7) is 16.8. The molecule has 1 rings (SSSR count). The molecule has 4 nitrogen and oxygen atoms in total. The summed E-state index contributed by atoms with van der Waals surface area (Å²) in [4.78, 5) is 7.12. The molecule has 126 valence electrons. The van der Waals surface area contributed by atoms with Gasteiger partial charge < -0.3 is 15.0 Å². The van der Waals surface area contributed by atoms with E-state index in [4.69, 9.17) is 9.73 Å². The maximum atomic E-state index is 5.59. The Balaban J connectivity index is 0.00000400. The summed E-state index contributed by atoms with van der Waals surface area (Å²) in [6.07, 6.45) is 2.24. The van der Waals surface area contributed by atoms with Crippen LogP contribution < -0.4 is 5.32 Å². The number of aliphatic imine (C=N–C) groups is 1. The molecule has 1 saturated heterocycles. The van der Waals surface area contributed by atoms with Gasteiger partial charge in [-0.25, -0.2) is 0 Å². The lowest BCUT2D eigenvalue weighted by Crippen LogP contribution is -2.40. The number of hydrogen-bond donors (Lipinski definition) is 1. The van der Waals surface area contributed by atoms with Crippen LogP contribution in [0.15, 0.2) is 4.99 Å². The van der Waals surface area contributed by atoms with Gasteiger partial charge in [-0.1, -0.05) is 27.7 Å². The Hall–Kier alpha value is -0.0400. The Bertz CT molecular complexity index is 306. The van der Waals surface area contributed by atoms with E-state index in [2.05, 4.69) is 44.8 Å². The molecule has 0 atom stereocenters. The lowest BCUT2D eigenvalue weighted by atomic mass is 9.93. The van der Waals surface area contributed by atoms with E-state index in [1.54, 1.807) is 0 Å². The number of rotatable bonds is 7. The highest BCUT2D eigenvalue weighted by Gasteiger charge is 2.30. The summed E-state index contributed by atoms with van der Waals surface area (Å²) >= 11 is 0. The van der Waals surface area contributed by atoms with Crippen LogP contribution in [0.25, 0.3) is 0 Å². The van der Waals surface area contributed by atoms with Crippen LogP contribution in [-0.4, -0.2) is 50.3 Å². The van der Waals surface area contributed by atoms with Crippen molar-refractivity contribution in [1.29, 1.82) is 0 Å².